The summed E-state index contributed by atoms with van der Waals surface area (Å²) in [7, 11) is 0. The number of hydrogen-bond acceptors (Lipinski definition) is 4. The Balaban J connectivity index is 1.42. The summed E-state index contributed by atoms with van der Waals surface area (Å²) in [6, 6.07) is 13.7. The minimum absolute atomic E-state index is 0.0988. The Labute approximate surface area is 150 Å². The Kier molecular flexibility index (Phi) is 5.72. The van der Waals surface area contributed by atoms with Crippen molar-refractivity contribution in [2.24, 2.45) is 0 Å². The summed E-state index contributed by atoms with van der Waals surface area (Å²) in [4.78, 5) is 23.8. The molecule has 0 aliphatic heterocycles. The number of anilines is 2. The monoisotopic (exact) mass is 353 g/mol. The van der Waals surface area contributed by atoms with Gasteiger partial charge in [0.25, 0.3) is 0 Å². The highest BCUT2D eigenvalue weighted by Crippen LogP contribution is 2.14. The molecule has 0 aliphatic rings. The predicted octanol–water partition coefficient (Wildman–Crippen LogP) is 3.77. The molecular formula is C19H19N3O4. The first-order valence-corrected chi connectivity index (χ1v) is 8.18. The van der Waals surface area contributed by atoms with E-state index in [0.29, 0.717) is 36.5 Å². The number of aryl methyl sites for hydroxylation is 1. The van der Waals surface area contributed by atoms with E-state index in [1.165, 1.54) is 0 Å². The largest absolute Gasteiger partial charge is 0.469 e. The normalized spacial score (nSPS) is 10.3. The number of benzene rings is 1. The number of nitrogens with one attached hydrogen (secondary N) is 3. The van der Waals surface area contributed by atoms with Gasteiger partial charge < -0.3 is 24.8 Å². The van der Waals surface area contributed by atoms with Crippen molar-refractivity contribution in [1.29, 1.82) is 0 Å². The van der Waals surface area contributed by atoms with E-state index in [0.717, 1.165) is 5.76 Å². The second kappa shape index (κ2) is 8.57. The first-order valence-electron chi connectivity index (χ1n) is 8.18. The zero-order valence-corrected chi connectivity index (χ0v) is 14.0. The van der Waals surface area contributed by atoms with E-state index < -0.39 is 0 Å². The molecule has 26 heavy (non-hydrogen) atoms. The maximum absolute atomic E-state index is 11.9. The highest BCUT2D eigenvalue weighted by atomic mass is 16.3. The first-order chi connectivity index (χ1) is 12.7. The second-order valence-corrected chi connectivity index (χ2v) is 5.59. The molecule has 0 saturated carbocycles. The fraction of sp³-hybridized carbons (Fsp3) is 0.158. The summed E-state index contributed by atoms with van der Waals surface area (Å²) in [6.45, 7) is 0.308. The fourth-order valence-electron chi connectivity index (χ4n) is 2.31. The molecule has 2 aromatic heterocycles. The van der Waals surface area contributed by atoms with Gasteiger partial charge in [0, 0.05) is 24.2 Å². The van der Waals surface area contributed by atoms with Gasteiger partial charge in [0.1, 0.15) is 11.5 Å². The predicted molar refractivity (Wildman–Crippen MR) is 96.7 cm³/mol. The molecule has 0 radical (unpaired) electrons. The molecule has 0 fully saturated rings. The summed E-state index contributed by atoms with van der Waals surface area (Å²) >= 11 is 0. The average molecular weight is 353 g/mol. The van der Waals surface area contributed by atoms with Gasteiger partial charge in [-0.2, -0.15) is 0 Å². The zero-order valence-electron chi connectivity index (χ0n) is 14.0. The molecule has 134 valence electrons. The van der Waals surface area contributed by atoms with Crippen molar-refractivity contribution in [3.8, 4) is 0 Å². The number of carbonyl (C=O) groups excluding carboxylic acids is 2. The van der Waals surface area contributed by atoms with Crippen LogP contribution in [0.3, 0.4) is 0 Å². The van der Waals surface area contributed by atoms with E-state index in [4.69, 9.17) is 8.83 Å². The van der Waals surface area contributed by atoms with Crippen molar-refractivity contribution in [2.45, 2.75) is 19.4 Å². The van der Waals surface area contributed by atoms with Crippen LogP contribution in [0.15, 0.2) is 69.9 Å². The van der Waals surface area contributed by atoms with Crippen molar-refractivity contribution in [2.75, 3.05) is 10.6 Å². The van der Waals surface area contributed by atoms with Crippen LogP contribution in [0, 0.1) is 0 Å². The van der Waals surface area contributed by atoms with E-state index >= 15 is 0 Å². The van der Waals surface area contributed by atoms with Crippen LogP contribution in [0.25, 0.3) is 0 Å². The maximum Gasteiger partial charge on any atom is 0.319 e. The quantitative estimate of drug-likeness (QED) is 0.602. The Morgan fingerprint density at radius 1 is 0.808 bits per heavy atom. The van der Waals surface area contributed by atoms with E-state index in [1.807, 2.05) is 6.07 Å². The highest BCUT2D eigenvalue weighted by molar-refractivity contribution is 5.92. The van der Waals surface area contributed by atoms with Crippen LogP contribution in [-0.4, -0.2) is 11.9 Å². The standard InChI is InChI=1S/C19H19N3O4/c23-18(10-9-16-3-1-11-25-16)21-14-5-7-15(8-6-14)22-19(24)20-13-17-4-2-12-26-17/h1-8,11-12H,9-10,13H2,(H,21,23)(H2,20,22,24). The summed E-state index contributed by atoms with van der Waals surface area (Å²) in [5, 5.41) is 8.21. The summed E-state index contributed by atoms with van der Waals surface area (Å²) in [5.41, 5.74) is 1.28. The Morgan fingerprint density at radius 3 is 2.04 bits per heavy atom. The molecule has 3 N–H and O–H groups in total. The average Bonchev–Trinajstić information content (AvgIpc) is 3.34. The number of furan rings is 2. The molecule has 1 aromatic carbocycles. The molecule has 0 bridgehead atoms. The number of rotatable bonds is 7. The van der Waals surface area contributed by atoms with Crippen LogP contribution in [-0.2, 0) is 17.8 Å². The van der Waals surface area contributed by atoms with Gasteiger partial charge >= 0.3 is 6.03 Å². The van der Waals surface area contributed by atoms with Gasteiger partial charge in [-0.05, 0) is 48.5 Å². The van der Waals surface area contributed by atoms with Crippen LogP contribution in [0.2, 0.25) is 0 Å². The van der Waals surface area contributed by atoms with Crippen molar-refractivity contribution < 1.29 is 18.4 Å². The third-order valence-corrected chi connectivity index (χ3v) is 3.61. The molecule has 3 amide bonds. The van der Waals surface area contributed by atoms with Crippen molar-refractivity contribution in [1.82, 2.24) is 5.32 Å². The van der Waals surface area contributed by atoms with Crippen molar-refractivity contribution in [3.63, 3.8) is 0 Å². The molecule has 0 spiro atoms. The number of hydrogen-bond donors (Lipinski definition) is 3. The van der Waals surface area contributed by atoms with Crippen LogP contribution in [0.4, 0.5) is 16.2 Å². The Morgan fingerprint density at radius 2 is 1.42 bits per heavy atom. The summed E-state index contributed by atoms with van der Waals surface area (Å²) in [6.07, 6.45) is 4.03. The van der Waals surface area contributed by atoms with E-state index in [2.05, 4.69) is 16.0 Å². The smallest absolute Gasteiger partial charge is 0.319 e. The maximum atomic E-state index is 11.9. The summed E-state index contributed by atoms with van der Waals surface area (Å²) in [5.74, 6) is 1.35. The van der Waals surface area contributed by atoms with E-state index in [9.17, 15) is 9.59 Å². The molecule has 0 atom stereocenters. The Bertz CT molecular complexity index is 753. The third-order valence-electron chi connectivity index (χ3n) is 3.61. The minimum Gasteiger partial charge on any atom is -0.469 e. The Hall–Kier alpha value is -3.48. The molecule has 0 unspecified atom stereocenters. The number of urea groups is 1. The molecule has 7 heteroatoms. The van der Waals surface area contributed by atoms with Crippen molar-refractivity contribution >= 4 is 23.3 Å². The molecule has 0 saturated heterocycles. The lowest BCUT2D eigenvalue weighted by atomic mass is 10.2. The summed E-state index contributed by atoms with van der Waals surface area (Å²) < 4.78 is 10.3. The molecule has 3 aromatic rings. The van der Waals surface area contributed by atoms with Crippen LogP contribution < -0.4 is 16.0 Å². The molecule has 2 heterocycles. The first kappa shape index (κ1) is 17.3. The van der Waals surface area contributed by atoms with E-state index in [-0.39, 0.29) is 11.9 Å². The lowest BCUT2D eigenvalue weighted by Gasteiger charge is -2.08. The zero-order chi connectivity index (χ0) is 18.2. The van der Waals surface area contributed by atoms with Crippen LogP contribution in [0.5, 0.6) is 0 Å². The van der Waals surface area contributed by atoms with Crippen molar-refractivity contribution in [3.05, 3.63) is 72.6 Å². The van der Waals surface area contributed by atoms with Gasteiger partial charge in [0.2, 0.25) is 5.91 Å². The molecule has 3 rings (SSSR count). The lowest BCUT2D eigenvalue weighted by Crippen LogP contribution is -2.27. The highest BCUT2D eigenvalue weighted by Gasteiger charge is 2.06. The SMILES string of the molecule is O=C(CCc1ccco1)Nc1ccc(NC(=O)NCc2ccco2)cc1. The minimum atomic E-state index is -0.336. The van der Waals surface area contributed by atoms with E-state index in [1.54, 1.807) is 55.0 Å². The van der Waals surface area contributed by atoms with Gasteiger partial charge in [-0.1, -0.05) is 0 Å². The lowest BCUT2D eigenvalue weighted by molar-refractivity contribution is -0.116. The molecular weight excluding hydrogens is 334 g/mol. The molecule has 0 aliphatic carbocycles. The topological polar surface area (TPSA) is 96.5 Å². The van der Waals surface area contributed by atoms with Gasteiger partial charge in [0.15, 0.2) is 0 Å². The third kappa shape index (κ3) is 5.27. The molecule has 7 nitrogen and oxygen atoms in total. The van der Waals surface area contributed by atoms with Gasteiger partial charge in [-0.25, -0.2) is 4.79 Å². The van der Waals surface area contributed by atoms with Gasteiger partial charge in [-0.15, -0.1) is 0 Å². The number of carbonyl (C=O) groups is 2. The van der Waals surface area contributed by atoms with Gasteiger partial charge in [0.05, 0.1) is 19.1 Å². The van der Waals surface area contributed by atoms with Crippen LogP contribution >= 0.6 is 0 Å². The van der Waals surface area contributed by atoms with Gasteiger partial charge in [-0.3, -0.25) is 4.79 Å². The second-order valence-electron chi connectivity index (χ2n) is 5.59. The van der Waals surface area contributed by atoms with Crippen LogP contribution in [0.1, 0.15) is 17.9 Å². The fourth-order valence-corrected chi connectivity index (χ4v) is 2.31. The number of amides is 3.